The van der Waals surface area contributed by atoms with Gasteiger partial charge in [0.25, 0.3) is 0 Å². The maximum atomic E-state index is 6.03. The predicted octanol–water partition coefficient (Wildman–Crippen LogP) is 3.69. The van der Waals surface area contributed by atoms with E-state index in [-0.39, 0.29) is 6.10 Å². The highest BCUT2D eigenvalue weighted by Crippen LogP contribution is 2.23. The summed E-state index contributed by atoms with van der Waals surface area (Å²) in [7, 11) is 0. The minimum atomic E-state index is -0.0956. The minimum absolute atomic E-state index is 0.0956. The van der Waals surface area contributed by atoms with Crippen LogP contribution >= 0.6 is 0 Å². The van der Waals surface area contributed by atoms with Crippen molar-refractivity contribution >= 4 is 0 Å². The van der Waals surface area contributed by atoms with Gasteiger partial charge in [-0.25, -0.2) is 0 Å². The number of hydrogen-bond donors (Lipinski definition) is 1. The Morgan fingerprint density at radius 2 is 1.47 bits per heavy atom. The van der Waals surface area contributed by atoms with Crippen molar-refractivity contribution in [3.05, 3.63) is 64.7 Å². The van der Waals surface area contributed by atoms with Gasteiger partial charge in [-0.15, -0.1) is 0 Å². The van der Waals surface area contributed by atoms with Crippen LogP contribution in [0.15, 0.2) is 42.5 Å². The molecule has 1 unspecified atom stereocenters. The zero-order valence-corrected chi connectivity index (χ0v) is 11.8. The number of nitrogens with two attached hydrogens (primary N) is 1. The zero-order valence-electron chi connectivity index (χ0n) is 11.8. The van der Waals surface area contributed by atoms with E-state index in [1.54, 1.807) is 0 Å². The van der Waals surface area contributed by atoms with E-state index >= 15 is 0 Å². The first-order valence-corrected chi connectivity index (χ1v) is 6.60. The van der Waals surface area contributed by atoms with Crippen LogP contribution in [0.2, 0.25) is 0 Å². The van der Waals surface area contributed by atoms with Gasteiger partial charge in [0.15, 0.2) is 0 Å². The van der Waals surface area contributed by atoms with Gasteiger partial charge in [-0.05, 0) is 49.6 Å². The quantitative estimate of drug-likeness (QED) is 0.904. The van der Waals surface area contributed by atoms with Crippen molar-refractivity contribution in [1.82, 2.24) is 0 Å². The SMILES string of the molecule is Cc1ccc(C(CN)Oc2cc(C)cc(C)c2)cc1. The monoisotopic (exact) mass is 255 g/mol. The summed E-state index contributed by atoms with van der Waals surface area (Å²) in [5.41, 5.74) is 10.6. The second-order valence-corrected chi connectivity index (χ2v) is 5.08. The van der Waals surface area contributed by atoms with Gasteiger partial charge in [0.2, 0.25) is 0 Å². The van der Waals surface area contributed by atoms with Gasteiger partial charge < -0.3 is 10.5 Å². The van der Waals surface area contributed by atoms with E-state index in [9.17, 15) is 0 Å². The van der Waals surface area contributed by atoms with Gasteiger partial charge in [-0.1, -0.05) is 35.9 Å². The Labute approximate surface area is 115 Å². The third-order valence-electron chi connectivity index (χ3n) is 3.14. The van der Waals surface area contributed by atoms with E-state index in [0.717, 1.165) is 11.3 Å². The maximum absolute atomic E-state index is 6.03. The van der Waals surface area contributed by atoms with Crippen molar-refractivity contribution in [3.8, 4) is 5.75 Å². The second-order valence-electron chi connectivity index (χ2n) is 5.08. The molecule has 0 radical (unpaired) electrons. The van der Waals surface area contributed by atoms with Crippen molar-refractivity contribution < 1.29 is 4.74 Å². The number of ether oxygens (including phenoxy) is 1. The van der Waals surface area contributed by atoms with Crippen molar-refractivity contribution in [2.45, 2.75) is 26.9 Å². The highest BCUT2D eigenvalue weighted by Gasteiger charge is 2.11. The molecular weight excluding hydrogens is 234 g/mol. The molecular formula is C17H21NO. The second kappa shape index (κ2) is 5.89. The van der Waals surface area contributed by atoms with Gasteiger partial charge in [0, 0.05) is 6.54 Å². The highest BCUT2D eigenvalue weighted by atomic mass is 16.5. The average molecular weight is 255 g/mol. The van der Waals surface area contributed by atoms with Gasteiger partial charge in [0.05, 0.1) is 0 Å². The minimum Gasteiger partial charge on any atom is -0.484 e. The van der Waals surface area contributed by atoms with Gasteiger partial charge in [0.1, 0.15) is 11.9 Å². The van der Waals surface area contributed by atoms with Crippen LogP contribution in [0.3, 0.4) is 0 Å². The summed E-state index contributed by atoms with van der Waals surface area (Å²) in [6.07, 6.45) is -0.0956. The van der Waals surface area contributed by atoms with Crippen LogP contribution in [0, 0.1) is 20.8 Å². The molecule has 100 valence electrons. The number of benzene rings is 2. The molecule has 2 aromatic rings. The third kappa shape index (κ3) is 3.58. The van der Waals surface area contributed by atoms with Crippen LogP contribution in [-0.4, -0.2) is 6.54 Å². The van der Waals surface area contributed by atoms with E-state index in [0.29, 0.717) is 6.54 Å². The summed E-state index contributed by atoms with van der Waals surface area (Å²) in [4.78, 5) is 0. The molecule has 0 heterocycles. The molecule has 0 saturated carbocycles. The first-order valence-electron chi connectivity index (χ1n) is 6.60. The summed E-state index contributed by atoms with van der Waals surface area (Å²) in [6, 6.07) is 14.6. The highest BCUT2D eigenvalue weighted by molar-refractivity contribution is 5.34. The Morgan fingerprint density at radius 1 is 0.895 bits per heavy atom. The van der Waals surface area contributed by atoms with Gasteiger partial charge in [-0.3, -0.25) is 0 Å². The van der Waals surface area contributed by atoms with Crippen LogP contribution < -0.4 is 10.5 Å². The molecule has 2 N–H and O–H groups in total. The Morgan fingerprint density at radius 3 is 2.00 bits per heavy atom. The molecule has 0 aliphatic heterocycles. The molecule has 0 spiro atoms. The standard InChI is InChI=1S/C17H21NO/c1-12-4-6-15(7-5-12)17(11-18)19-16-9-13(2)8-14(3)10-16/h4-10,17H,11,18H2,1-3H3. The molecule has 0 saturated heterocycles. The molecule has 2 rings (SSSR count). The summed E-state index contributed by atoms with van der Waals surface area (Å²) in [5, 5.41) is 0. The summed E-state index contributed by atoms with van der Waals surface area (Å²) < 4.78 is 6.03. The topological polar surface area (TPSA) is 35.2 Å². The van der Waals surface area contributed by atoms with E-state index in [4.69, 9.17) is 10.5 Å². The Hall–Kier alpha value is -1.80. The molecule has 2 aromatic carbocycles. The molecule has 0 aliphatic carbocycles. The van der Waals surface area contributed by atoms with Crippen LogP contribution in [-0.2, 0) is 0 Å². The van der Waals surface area contributed by atoms with E-state index in [2.05, 4.69) is 51.1 Å². The fraction of sp³-hybridized carbons (Fsp3) is 0.294. The molecule has 0 fully saturated rings. The lowest BCUT2D eigenvalue weighted by Gasteiger charge is -2.19. The van der Waals surface area contributed by atoms with Gasteiger partial charge >= 0.3 is 0 Å². The molecule has 0 aromatic heterocycles. The van der Waals surface area contributed by atoms with E-state index in [1.807, 2.05) is 12.1 Å². The van der Waals surface area contributed by atoms with E-state index in [1.165, 1.54) is 16.7 Å². The fourth-order valence-electron chi connectivity index (χ4n) is 2.20. The zero-order chi connectivity index (χ0) is 13.8. The van der Waals surface area contributed by atoms with Crippen LogP contribution in [0.4, 0.5) is 0 Å². The van der Waals surface area contributed by atoms with Crippen molar-refractivity contribution in [3.63, 3.8) is 0 Å². The lowest BCUT2D eigenvalue weighted by atomic mass is 10.1. The van der Waals surface area contributed by atoms with Gasteiger partial charge in [-0.2, -0.15) is 0 Å². The summed E-state index contributed by atoms with van der Waals surface area (Å²) >= 11 is 0. The predicted molar refractivity (Wildman–Crippen MR) is 79.5 cm³/mol. The molecule has 2 nitrogen and oxygen atoms in total. The fourth-order valence-corrected chi connectivity index (χ4v) is 2.20. The van der Waals surface area contributed by atoms with Crippen molar-refractivity contribution in [2.24, 2.45) is 5.73 Å². The number of aryl methyl sites for hydroxylation is 3. The number of hydrogen-bond acceptors (Lipinski definition) is 2. The molecule has 0 aliphatic rings. The Bertz CT molecular complexity index is 525. The number of rotatable bonds is 4. The van der Waals surface area contributed by atoms with Crippen LogP contribution in [0.25, 0.3) is 0 Å². The molecule has 1 atom stereocenters. The lowest BCUT2D eigenvalue weighted by Crippen LogP contribution is -2.18. The van der Waals surface area contributed by atoms with Crippen molar-refractivity contribution in [1.29, 1.82) is 0 Å². The molecule has 0 bridgehead atoms. The normalized spacial score (nSPS) is 12.2. The Balaban J connectivity index is 2.21. The molecule has 19 heavy (non-hydrogen) atoms. The average Bonchev–Trinajstić information content (AvgIpc) is 2.36. The van der Waals surface area contributed by atoms with Crippen molar-refractivity contribution in [2.75, 3.05) is 6.54 Å². The summed E-state index contributed by atoms with van der Waals surface area (Å²) in [6.45, 7) is 6.69. The summed E-state index contributed by atoms with van der Waals surface area (Å²) in [5.74, 6) is 0.883. The Kier molecular flexibility index (Phi) is 4.23. The largest absolute Gasteiger partial charge is 0.484 e. The molecule has 0 amide bonds. The first-order chi connectivity index (χ1) is 9.08. The van der Waals surface area contributed by atoms with E-state index < -0.39 is 0 Å². The third-order valence-corrected chi connectivity index (χ3v) is 3.14. The first kappa shape index (κ1) is 13.6. The lowest BCUT2D eigenvalue weighted by molar-refractivity contribution is 0.214. The van der Waals surface area contributed by atoms with Crippen LogP contribution in [0.1, 0.15) is 28.4 Å². The molecule has 2 heteroatoms. The maximum Gasteiger partial charge on any atom is 0.136 e. The van der Waals surface area contributed by atoms with Crippen LogP contribution in [0.5, 0.6) is 5.75 Å². The smallest absolute Gasteiger partial charge is 0.136 e.